The number of rotatable bonds is 5. The highest BCUT2D eigenvalue weighted by atomic mass is 15.0. The van der Waals surface area contributed by atoms with E-state index in [0.717, 1.165) is 18.0 Å². The molecular weight excluding hydrogens is 134 g/mol. The predicted molar refractivity (Wildman–Crippen MR) is 49.7 cm³/mol. The van der Waals surface area contributed by atoms with Crippen molar-refractivity contribution in [1.29, 1.82) is 0 Å². The van der Waals surface area contributed by atoms with E-state index in [9.17, 15) is 0 Å². The van der Waals surface area contributed by atoms with Crippen molar-refractivity contribution in [1.82, 2.24) is 5.32 Å². The number of nitrogens with one attached hydrogen (secondary N) is 1. The summed E-state index contributed by atoms with van der Waals surface area (Å²) in [4.78, 5) is 0. The fraction of sp³-hybridized carbons (Fsp3) is 1.00. The molecule has 0 aromatic carbocycles. The average molecular weight is 155 g/mol. The van der Waals surface area contributed by atoms with Crippen LogP contribution in [0.5, 0.6) is 0 Å². The van der Waals surface area contributed by atoms with E-state index in [1.165, 1.54) is 25.7 Å². The summed E-state index contributed by atoms with van der Waals surface area (Å²) in [6, 6.07) is 1.52. The van der Waals surface area contributed by atoms with Crippen LogP contribution in [-0.2, 0) is 0 Å². The van der Waals surface area contributed by atoms with Crippen LogP contribution in [0.3, 0.4) is 0 Å². The molecule has 1 rings (SSSR count). The molecule has 0 aromatic heterocycles. The Hall–Kier alpha value is -0.0400. The lowest BCUT2D eigenvalue weighted by atomic mass is 10.1. The monoisotopic (exact) mass is 155 g/mol. The second-order valence-corrected chi connectivity index (χ2v) is 3.81. The van der Waals surface area contributed by atoms with Crippen LogP contribution in [0, 0.1) is 5.92 Å². The Morgan fingerprint density at radius 1 is 1.27 bits per heavy atom. The van der Waals surface area contributed by atoms with Gasteiger partial charge in [0.2, 0.25) is 0 Å². The van der Waals surface area contributed by atoms with Gasteiger partial charge in [0.15, 0.2) is 0 Å². The van der Waals surface area contributed by atoms with Crippen molar-refractivity contribution < 1.29 is 0 Å². The van der Waals surface area contributed by atoms with Crippen LogP contribution in [0.4, 0.5) is 0 Å². The van der Waals surface area contributed by atoms with Crippen LogP contribution in [0.2, 0.25) is 0 Å². The number of hydrogen-bond acceptors (Lipinski definition) is 1. The van der Waals surface area contributed by atoms with E-state index in [4.69, 9.17) is 0 Å². The molecule has 1 N–H and O–H groups in total. The summed E-state index contributed by atoms with van der Waals surface area (Å²) in [6.07, 6.45) is 5.45. The molecule has 1 aliphatic rings. The van der Waals surface area contributed by atoms with Crippen LogP contribution in [0.15, 0.2) is 0 Å². The first-order chi connectivity index (χ1) is 5.27. The highest BCUT2D eigenvalue weighted by molar-refractivity contribution is 4.84. The third-order valence-electron chi connectivity index (χ3n) is 2.81. The van der Waals surface area contributed by atoms with E-state index in [1.54, 1.807) is 0 Å². The topological polar surface area (TPSA) is 12.0 Å². The molecule has 0 aliphatic heterocycles. The molecule has 1 saturated carbocycles. The lowest BCUT2D eigenvalue weighted by Gasteiger charge is -2.20. The summed E-state index contributed by atoms with van der Waals surface area (Å²) < 4.78 is 0. The van der Waals surface area contributed by atoms with Gasteiger partial charge in [-0.05, 0) is 38.5 Å². The molecule has 0 amide bonds. The minimum Gasteiger partial charge on any atom is -0.311 e. The van der Waals surface area contributed by atoms with E-state index < -0.39 is 0 Å². The molecule has 11 heavy (non-hydrogen) atoms. The largest absolute Gasteiger partial charge is 0.311 e. The Morgan fingerprint density at radius 2 is 1.82 bits per heavy atom. The minimum absolute atomic E-state index is 0.755. The van der Waals surface area contributed by atoms with Crippen LogP contribution < -0.4 is 5.32 Å². The maximum Gasteiger partial charge on any atom is 0.00695 e. The van der Waals surface area contributed by atoms with Crippen molar-refractivity contribution in [2.75, 3.05) is 0 Å². The Kier molecular flexibility index (Phi) is 3.38. The van der Waals surface area contributed by atoms with Crippen molar-refractivity contribution in [3.05, 3.63) is 0 Å². The Labute approximate surface area is 70.6 Å². The van der Waals surface area contributed by atoms with E-state index in [0.29, 0.717) is 0 Å². The van der Waals surface area contributed by atoms with Gasteiger partial charge in [-0.1, -0.05) is 13.8 Å². The van der Waals surface area contributed by atoms with E-state index in [1.807, 2.05) is 0 Å². The Morgan fingerprint density at radius 3 is 2.18 bits per heavy atom. The zero-order chi connectivity index (χ0) is 8.27. The lowest BCUT2D eigenvalue weighted by Crippen LogP contribution is -2.36. The molecule has 0 spiro atoms. The fourth-order valence-electron chi connectivity index (χ4n) is 1.63. The smallest absolute Gasteiger partial charge is 0.00695 e. The summed E-state index contributed by atoms with van der Waals surface area (Å²) >= 11 is 0. The van der Waals surface area contributed by atoms with Gasteiger partial charge in [-0.2, -0.15) is 0 Å². The van der Waals surface area contributed by atoms with E-state index in [2.05, 4.69) is 26.1 Å². The average Bonchev–Trinajstić information content (AvgIpc) is 2.81. The molecule has 1 aliphatic carbocycles. The molecule has 66 valence electrons. The molecule has 0 aromatic rings. The van der Waals surface area contributed by atoms with Gasteiger partial charge in [0.05, 0.1) is 0 Å². The molecular formula is C10H21N. The quantitative estimate of drug-likeness (QED) is 0.643. The summed E-state index contributed by atoms with van der Waals surface area (Å²) in [5.41, 5.74) is 0. The van der Waals surface area contributed by atoms with Gasteiger partial charge >= 0.3 is 0 Å². The van der Waals surface area contributed by atoms with Gasteiger partial charge in [0.1, 0.15) is 0 Å². The van der Waals surface area contributed by atoms with Crippen molar-refractivity contribution in [3.8, 4) is 0 Å². The highest BCUT2D eigenvalue weighted by Gasteiger charge is 2.28. The molecule has 0 radical (unpaired) electrons. The van der Waals surface area contributed by atoms with Crippen LogP contribution in [0.1, 0.15) is 46.5 Å². The zero-order valence-corrected chi connectivity index (χ0v) is 8.06. The molecule has 0 saturated heterocycles. The maximum atomic E-state index is 3.68. The SMILES string of the molecule is CCC(CC)NC(C)C1CC1. The molecule has 1 fully saturated rings. The van der Waals surface area contributed by atoms with Gasteiger partial charge in [-0.15, -0.1) is 0 Å². The fourth-order valence-corrected chi connectivity index (χ4v) is 1.63. The second-order valence-electron chi connectivity index (χ2n) is 3.81. The van der Waals surface area contributed by atoms with Gasteiger partial charge < -0.3 is 5.32 Å². The summed E-state index contributed by atoms with van der Waals surface area (Å²) in [5, 5.41) is 3.68. The lowest BCUT2D eigenvalue weighted by molar-refractivity contribution is 0.397. The van der Waals surface area contributed by atoms with Crippen molar-refractivity contribution in [3.63, 3.8) is 0 Å². The summed E-state index contributed by atoms with van der Waals surface area (Å²) in [7, 11) is 0. The van der Waals surface area contributed by atoms with Crippen molar-refractivity contribution >= 4 is 0 Å². The normalized spacial score (nSPS) is 20.7. The molecule has 1 nitrogen and oxygen atoms in total. The zero-order valence-electron chi connectivity index (χ0n) is 8.06. The molecule has 1 heteroatoms. The van der Waals surface area contributed by atoms with E-state index >= 15 is 0 Å². The minimum atomic E-state index is 0.755. The molecule has 1 unspecified atom stereocenters. The third-order valence-corrected chi connectivity index (χ3v) is 2.81. The Balaban J connectivity index is 2.15. The van der Waals surface area contributed by atoms with Gasteiger partial charge in [0, 0.05) is 12.1 Å². The molecule has 1 atom stereocenters. The van der Waals surface area contributed by atoms with Crippen LogP contribution in [0.25, 0.3) is 0 Å². The summed E-state index contributed by atoms with van der Waals surface area (Å²) in [5.74, 6) is 0.996. The maximum absolute atomic E-state index is 3.68. The van der Waals surface area contributed by atoms with Crippen molar-refractivity contribution in [2.24, 2.45) is 5.92 Å². The van der Waals surface area contributed by atoms with Crippen molar-refractivity contribution in [2.45, 2.75) is 58.5 Å². The van der Waals surface area contributed by atoms with Crippen LogP contribution in [-0.4, -0.2) is 12.1 Å². The standard InChI is InChI=1S/C10H21N/c1-4-10(5-2)11-8(3)9-6-7-9/h8-11H,4-7H2,1-3H3. The molecule has 0 bridgehead atoms. The highest BCUT2D eigenvalue weighted by Crippen LogP contribution is 2.32. The van der Waals surface area contributed by atoms with Gasteiger partial charge in [-0.3, -0.25) is 0 Å². The Bertz CT molecular complexity index is 103. The predicted octanol–water partition coefficient (Wildman–Crippen LogP) is 2.56. The van der Waals surface area contributed by atoms with Crippen LogP contribution >= 0.6 is 0 Å². The van der Waals surface area contributed by atoms with E-state index in [-0.39, 0.29) is 0 Å². The van der Waals surface area contributed by atoms with Gasteiger partial charge in [-0.25, -0.2) is 0 Å². The first-order valence-electron chi connectivity index (χ1n) is 5.04. The second kappa shape index (κ2) is 4.10. The van der Waals surface area contributed by atoms with Gasteiger partial charge in [0.25, 0.3) is 0 Å². The first-order valence-corrected chi connectivity index (χ1v) is 5.04. The summed E-state index contributed by atoms with van der Waals surface area (Å²) in [6.45, 7) is 6.86. The first kappa shape index (κ1) is 9.05. The number of hydrogen-bond donors (Lipinski definition) is 1. The molecule has 0 heterocycles. The third kappa shape index (κ3) is 2.82.